The van der Waals surface area contributed by atoms with E-state index in [1.165, 1.54) is 32.1 Å². The predicted octanol–water partition coefficient (Wildman–Crippen LogP) is 3.54. The van der Waals surface area contributed by atoms with Crippen molar-refractivity contribution in [3.8, 4) is 11.5 Å². The van der Waals surface area contributed by atoms with E-state index in [-0.39, 0.29) is 11.9 Å². The molecule has 0 atom stereocenters. The van der Waals surface area contributed by atoms with Crippen LogP contribution in [0, 0.1) is 6.92 Å². The number of carbonyl (C=O) groups is 1. The van der Waals surface area contributed by atoms with Crippen molar-refractivity contribution in [1.29, 1.82) is 0 Å². The summed E-state index contributed by atoms with van der Waals surface area (Å²) in [5, 5.41) is 3.20. The number of carbonyl (C=O) groups excluding carboxylic acids is 1. The molecule has 0 spiro atoms. The molecule has 1 heterocycles. The van der Waals surface area contributed by atoms with Gasteiger partial charge < -0.3 is 19.7 Å². The standard InChI is InChI=1S/C21H32N2O3/c1-15-19(25-2)13-16(14-20(15)26-3)21(24)22-17-9-11-23(12-10-17)18-7-5-4-6-8-18/h13-14,17-18H,4-12H2,1-3H3,(H,22,24). The first-order valence-electron chi connectivity index (χ1n) is 9.90. The van der Waals surface area contributed by atoms with Crippen LogP contribution in [0.4, 0.5) is 0 Å². The minimum Gasteiger partial charge on any atom is -0.496 e. The molecule has 5 nitrogen and oxygen atoms in total. The molecule has 3 rings (SSSR count). The van der Waals surface area contributed by atoms with Crippen molar-refractivity contribution in [2.24, 2.45) is 0 Å². The molecule has 1 amide bonds. The summed E-state index contributed by atoms with van der Waals surface area (Å²) in [6, 6.07) is 4.61. The smallest absolute Gasteiger partial charge is 0.251 e. The van der Waals surface area contributed by atoms with Crippen molar-refractivity contribution in [3.05, 3.63) is 23.3 Å². The average Bonchev–Trinajstić information content (AvgIpc) is 2.69. The first-order chi connectivity index (χ1) is 12.6. The van der Waals surface area contributed by atoms with Gasteiger partial charge >= 0.3 is 0 Å². The minimum atomic E-state index is -0.0438. The topological polar surface area (TPSA) is 50.8 Å². The highest BCUT2D eigenvalue weighted by molar-refractivity contribution is 5.95. The van der Waals surface area contributed by atoms with Crippen LogP contribution in [0.15, 0.2) is 12.1 Å². The fraction of sp³-hybridized carbons (Fsp3) is 0.667. The molecule has 2 aliphatic rings. The number of nitrogens with zero attached hydrogens (tertiary/aromatic N) is 1. The summed E-state index contributed by atoms with van der Waals surface area (Å²) in [4.78, 5) is 15.3. The van der Waals surface area contributed by atoms with Crippen LogP contribution in [-0.4, -0.2) is 50.2 Å². The van der Waals surface area contributed by atoms with Gasteiger partial charge in [0.25, 0.3) is 5.91 Å². The van der Waals surface area contributed by atoms with Crippen LogP contribution in [0.2, 0.25) is 0 Å². The maximum atomic E-state index is 12.7. The number of hydrogen-bond acceptors (Lipinski definition) is 4. The van der Waals surface area contributed by atoms with Crippen molar-refractivity contribution in [3.63, 3.8) is 0 Å². The number of ether oxygens (including phenoxy) is 2. The van der Waals surface area contributed by atoms with Crippen molar-refractivity contribution in [1.82, 2.24) is 10.2 Å². The molecule has 0 aromatic heterocycles. The van der Waals surface area contributed by atoms with Gasteiger partial charge in [0.1, 0.15) is 11.5 Å². The van der Waals surface area contributed by atoms with Gasteiger partial charge in [-0.2, -0.15) is 0 Å². The number of nitrogens with one attached hydrogen (secondary N) is 1. The molecular formula is C21H32N2O3. The summed E-state index contributed by atoms with van der Waals surface area (Å²) < 4.78 is 10.8. The molecule has 1 aromatic rings. The van der Waals surface area contributed by atoms with E-state index in [4.69, 9.17) is 9.47 Å². The van der Waals surface area contributed by atoms with E-state index in [0.29, 0.717) is 17.1 Å². The highest BCUT2D eigenvalue weighted by Gasteiger charge is 2.27. The van der Waals surface area contributed by atoms with Crippen LogP contribution >= 0.6 is 0 Å². The van der Waals surface area contributed by atoms with Crippen molar-refractivity contribution >= 4 is 5.91 Å². The van der Waals surface area contributed by atoms with Gasteiger partial charge in [-0.05, 0) is 44.7 Å². The summed E-state index contributed by atoms with van der Waals surface area (Å²) >= 11 is 0. The summed E-state index contributed by atoms with van der Waals surface area (Å²) in [5.74, 6) is 1.32. The Hall–Kier alpha value is -1.75. The second-order valence-corrected chi connectivity index (χ2v) is 7.58. The maximum Gasteiger partial charge on any atom is 0.251 e. The third kappa shape index (κ3) is 4.32. The van der Waals surface area contributed by atoms with E-state index in [1.54, 1.807) is 26.4 Å². The number of piperidine rings is 1. The van der Waals surface area contributed by atoms with Crippen LogP contribution in [-0.2, 0) is 0 Å². The zero-order chi connectivity index (χ0) is 18.5. The molecular weight excluding hydrogens is 328 g/mol. The van der Waals surface area contributed by atoms with E-state index in [2.05, 4.69) is 10.2 Å². The Kier molecular flexibility index (Phi) is 6.41. The lowest BCUT2D eigenvalue weighted by atomic mass is 9.92. The zero-order valence-corrected chi connectivity index (χ0v) is 16.3. The summed E-state index contributed by atoms with van der Waals surface area (Å²) in [6.45, 7) is 4.12. The SMILES string of the molecule is COc1cc(C(=O)NC2CCN(C3CCCCC3)CC2)cc(OC)c1C. The van der Waals surface area contributed by atoms with E-state index in [1.807, 2.05) is 6.92 Å². The number of amides is 1. The van der Waals surface area contributed by atoms with Crippen molar-refractivity contribution < 1.29 is 14.3 Å². The molecule has 1 aliphatic heterocycles. The fourth-order valence-electron chi connectivity index (χ4n) is 4.34. The Morgan fingerprint density at radius 2 is 1.58 bits per heavy atom. The first-order valence-corrected chi connectivity index (χ1v) is 9.90. The number of benzene rings is 1. The Morgan fingerprint density at radius 3 is 2.12 bits per heavy atom. The second kappa shape index (κ2) is 8.76. The quantitative estimate of drug-likeness (QED) is 0.873. The fourth-order valence-corrected chi connectivity index (χ4v) is 4.34. The van der Waals surface area contributed by atoms with Crippen LogP contribution in [0.1, 0.15) is 60.9 Å². The van der Waals surface area contributed by atoms with Gasteiger partial charge in [0.05, 0.1) is 14.2 Å². The summed E-state index contributed by atoms with van der Waals surface area (Å²) in [6.07, 6.45) is 8.90. The molecule has 1 saturated heterocycles. The minimum absolute atomic E-state index is 0.0438. The van der Waals surface area contributed by atoms with Gasteiger partial charge in [0.2, 0.25) is 0 Å². The van der Waals surface area contributed by atoms with Gasteiger partial charge in [-0.25, -0.2) is 0 Å². The van der Waals surface area contributed by atoms with Gasteiger partial charge in [-0.1, -0.05) is 19.3 Å². The first kappa shape index (κ1) is 19.0. The van der Waals surface area contributed by atoms with E-state index < -0.39 is 0 Å². The lowest BCUT2D eigenvalue weighted by Gasteiger charge is -2.39. The summed E-state index contributed by atoms with van der Waals surface area (Å²) in [5.41, 5.74) is 1.51. The molecule has 1 N–H and O–H groups in total. The molecule has 0 bridgehead atoms. The van der Waals surface area contributed by atoms with E-state index >= 15 is 0 Å². The van der Waals surface area contributed by atoms with Crippen molar-refractivity contribution in [2.45, 2.75) is 64.0 Å². The molecule has 0 radical (unpaired) electrons. The molecule has 1 saturated carbocycles. The lowest BCUT2D eigenvalue weighted by Crippen LogP contribution is -2.48. The molecule has 144 valence electrons. The predicted molar refractivity (Wildman–Crippen MR) is 103 cm³/mol. The van der Waals surface area contributed by atoms with Crippen LogP contribution in [0.3, 0.4) is 0 Å². The average molecular weight is 360 g/mol. The zero-order valence-electron chi connectivity index (χ0n) is 16.3. The third-order valence-corrected chi connectivity index (χ3v) is 5.97. The van der Waals surface area contributed by atoms with Crippen LogP contribution < -0.4 is 14.8 Å². The number of rotatable bonds is 5. The highest BCUT2D eigenvalue weighted by atomic mass is 16.5. The highest BCUT2D eigenvalue weighted by Crippen LogP contribution is 2.30. The lowest BCUT2D eigenvalue weighted by molar-refractivity contribution is 0.0864. The molecule has 26 heavy (non-hydrogen) atoms. The third-order valence-electron chi connectivity index (χ3n) is 5.97. The van der Waals surface area contributed by atoms with Crippen LogP contribution in [0.25, 0.3) is 0 Å². The Morgan fingerprint density at radius 1 is 1.00 bits per heavy atom. The van der Waals surface area contributed by atoms with E-state index in [0.717, 1.165) is 37.5 Å². The Labute approximate surface area is 157 Å². The normalized spacial score (nSPS) is 20.0. The van der Waals surface area contributed by atoms with Crippen molar-refractivity contribution in [2.75, 3.05) is 27.3 Å². The number of methoxy groups -OCH3 is 2. The van der Waals surface area contributed by atoms with Gasteiger partial charge in [0.15, 0.2) is 0 Å². The monoisotopic (exact) mass is 360 g/mol. The molecule has 1 aliphatic carbocycles. The van der Waals surface area contributed by atoms with Crippen LogP contribution in [0.5, 0.6) is 11.5 Å². The van der Waals surface area contributed by atoms with Gasteiger partial charge in [-0.3, -0.25) is 4.79 Å². The van der Waals surface area contributed by atoms with E-state index in [9.17, 15) is 4.79 Å². The van der Waals surface area contributed by atoms with Gasteiger partial charge in [0, 0.05) is 36.3 Å². The number of hydrogen-bond donors (Lipinski definition) is 1. The largest absolute Gasteiger partial charge is 0.496 e. The Balaban J connectivity index is 1.57. The Bertz CT molecular complexity index is 593. The maximum absolute atomic E-state index is 12.7. The molecule has 5 heteroatoms. The molecule has 0 unspecified atom stereocenters. The summed E-state index contributed by atoms with van der Waals surface area (Å²) in [7, 11) is 3.23. The van der Waals surface area contributed by atoms with Gasteiger partial charge in [-0.15, -0.1) is 0 Å². The second-order valence-electron chi connectivity index (χ2n) is 7.58. The number of likely N-dealkylation sites (tertiary alicyclic amines) is 1. The molecule has 2 fully saturated rings. The molecule has 1 aromatic carbocycles.